The maximum atomic E-state index is 12.7. The molecule has 6 nitrogen and oxygen atoms in total. The van der Waals surface area contributed by atoms with E-state index >= 15 is 0 Å². The summed E-state index contributed by atoms with van der Waals surface area (Å²) in [7, 11) is 0. The van der Waals surface area contributed by atoms with Gasteiger partial charge in [-0.1, -0.05) is 0 Å². The SMILES string of the molecule is CCNc1cc(NCC(=O)NC(C)C)nc(C(F)(F)F)n1. The highest BCUT2D eigenvalue weighted by Gasteiger charge is 2.35. The van der Waals surface area contributed by atoms with Crippen LogP contribution in [0.25, 0.3) is 0 Å². The zero-order chi connectivity index (χ0) is 16.0. The quantitative estimate of drug-likeness (QED) is 0.747. The summed E-state index contributed by atoms with van der Waals surface area (Å²) in [5, 5.41) is 7.86. The van der Waals surface area contributed by atoms with E-state index in [0.29, 0.717) is 6.54 Å². The molecule has 0 aliphatic rings. The molecule has 1 aromatic rings. The van der Waals surface area contributed by atoms with Crippen molar-refractivity contribution in [2.75, 3.05) is 23.7 Å². The summed E-state index contributed by atoms with van der Waals surface area (Å²) in [5.41, 5.74) is 0. The molecule has 0 unspecified atom stereocenters. The molecule has 9 heteroatoms. The number of amides is 1. The summed E-state index contributed by atoms with van der Waals surface area (Å²) < 4.78 is 38.1. The molecule has 3 N–H and O–H groups in total. The Bertz CT molecular complexity index is 490. The van der Waals surface area contributed by atoms with Gasteiger partial charge in [-0.05, 0) is 20.8 Å². The lowest BCUT2D eigenvalue weighted by atomic mass is 10.4. The predicted octanol–water partition coefficient (Wildman–Crippen LogP) is 1.86. The molecule has 1 heterocycles. The van der Waals surface area contributed by atoms with E-state index in [1.165, 1.54) is 6.07 Å². The first-order chi connectivity index (χ1) is 9.72. The fraction of sp³-hybridized carbons (Fsp3) is 0.583. The van der Waals surface area contributed by atoms with E-state index in [-0.39, 0.29) is 30.1 Å². The first-order valence-corrected chi connectivity index (χ1v) is 6.45. The smallest absolute Gasteiger partial charge is 0.370 e. The lowest BCUT2D eigenvalue weighted by Gasteiger charge is -2.13. The maximum Gasteiger partial charge on any atom is 0.451 e. The molecule has 21 heavy (non-hydrogen) atoms. The number of rotatable bonds is 6. The van der Waals surface area contributed by atoms with Crippen molar-refractivity contribution in [3.63, 3.8) is 0 Å². The topological polar surface area (TPSA) is 78.9 Å². The molecule has 0 aromatic carbocycles. The van der Waals surface area contributed by atoms with Gasteiger partial charge in [-0.2, -0.15) is 13.2 Å². The van der Waals surface area contributed by atoms with E-state index < -0.39 is 12.0 Å². The molecule has 0 bridgehead atoms. The number of nitrogens with one attached hydrogen (secondary N) is 3. The van der Waals surface area contributed by atoms with Crippen molar-refractivity contribution in [1.29, 1.82) is 0 Å². The second kappa shape index (κ2) is 7.09. The van der Waals surface area contributed by atoms with Gasteiger partial charge in [0.15, 0.2) is 0 Å². The van der Waals surface area contributed by atoms with E-state index in [0.717, 1.165) is 0 Å². The molecule has 1 aromatic heterocycles. The number of hydrogen-bond donors (Lipinski definition) is 3. The Labute approximate surface area is 120 Å². The number of anilines is 2. The Morgan fingerprint density at radius 3 is 2.29 bits per heavy atom. The lowest BCUT2D eigenvalue weighted by molar-refractivity contribution is -0.144. The summed E-state index contributed by atoms with van der Waals surface area (Å²) in [5.74, 6) is -1.60. The number of carbonyl (C=O) groups excluding carboxylic acids is 1. The highest BCUT2D eigenvalue weighted by atomic mass is 19.4. The number of nitrogens with zero attached hydrogens (tertiary/aromatic N) is 2. The third-order valence-corrected chi connectivity index (χ3v) is 2.22. The van der Waals surface area contributed by atoms with Crippen LogP contribution in [-0.4, -0.2) is 35.0 Å². The fourth-order valence-corrected chi connectivity index (χ4v) is 1.48. The average Bonchev–Trinajstić information content (AvgIpc) is 2.35. The van der Waals surface area contributed by atoms with E-state index in [2.05, 4.69) is 25.9 Å². The molecular formula is C12H18F3N5O. The Balaban J connectivity index is 2.85. The molecule has 0 radical (unpaired) electrons. The van der Waals surface area contributed by atoms with Crippen molar-refractivity contribution in [2.45, 2.75) is 33.0 Å². The number of halogens is 3. The molecule has 118 valence electrons. The van der Waals surface area contributed by atoms with Gasteiger partial charge in [0.1, 0.15) is 11.6 Å². The highest BCUT2D eigenvalue weighted by molar-refractivity contribution is 5.80. The highest BCUT2D eigenvalue weighted by Crippen LogP contribution is 2.28. The van der Waals surface area contributed by atoms with Crippen molar-refractivity contribution in [3.05, 3.63) is 11.9 Å². The van der Waals surface area contributed by atoms with Gasteiger partial charge in [-0.15, -0.1) is 0 Å². The lowest BCUT2D eigenvalue weighted by Crippen LogP contribution is -2.35. The van der Waals surface area contributed by atoms with Crippen LogP contribution in [0.5, 0.6) is 0 Å². The van der Waals surface area contributed by atoms with E-state index in [1.54, 1.807) is 20.8 Å². The Morgan fingerprint density at radius 2 is 1.81 bits per heavy atom. The minimum Gasteiger partial charge on any atom is -0.370 e. The first-order valence-electron chi connectivity index (χ1n) is 6.45. The van der Waals surface area contributed by atoms with Gasteiger partial charge in [0.25, 0.3) is 0 Å². The molecular weight excluding hydrogens is 287 g/mol. The molecule has 0 aliphatic heterocycles. The van der Waals surface area contributed by atoms with Crippen LogP contribution in [0.1, 0.15) is 26.6 Å². The second-order valence-electron chi connectivity index (χ2n) is 4.57. The van der Waals surface area contributed by atoms with E-state index in [9.17, 15) is 18.0 Å². The van der Waals surface area contributed by atoms with Crippen LogP contribution in [-0.2, 0) is 11.0 Å². The third-order valence-electron chi connectivity index (χ3n) is 2.22. The largest absolute Gasteiger partial charge is 0.451 e. The Morgan fingerprint density at radius 1 is 1.24 bits per heavy atom. The third kappa shape index (κ3) is 5.84. The molecule has 0 saturated carbocycles. The predicted molar refractivity (Wildman–Crippen MR) is 73.0 cm³/mol. The van der Waals surface area contributed by atoms with Gasteiger partial charge >= 0.3 is 6.18 Å². The van der Waals surface area contributed by atoms with Crippen molar-refractivity contribution < 1.29 is 18.0 Å². The Hall–Kier alpha value is -2.06. The van der Waals surface area contributed by atoms with Gasteiger partial charge in [0.2, 0.25) is 11.7 Å². The first kappa shape index (κ1) is 17.0. The maximum absolute atomic E-state index is 12.7. The fourth-order valence-electron chi connectivity index (χ4n) is 1.48. The summed E-state index contributed by atoms with van der Waals surface area (Å²) in [6, 6.07) is 1.27. The number of aromatic nitrogens is 2. The molecule has 0 spiro atoms. The van der Waals surface area contributed by atoms with Crippen LogP contribution in [0.4, 0.5) is 24.8 Å². The van der Waals surface area contributed by atoms with E-state index in [4.69, 9.17) is 0 Å². The van der Waals surface area contributed by atoms with Crippen LogP contribution in [0.2, 0.25) is 0 Å². The zero-order valence-corrected chi connectivity index (χ0v) is 12.0. The van der Waals surface area contributed by atoms with Crippen molar-refractivity contribution in [2.24, 2.45) is 0 Å². The van der Waals surface area contributed by atoms with Gasteiger partial charge in [-0.3, -0.25) is 4.79 Å². The van der Waals surface area contributed by atoms with Crippen molar-refractivity contribution in [3.8, 4) is 0 Å². The number of hydrogen-bond acceptors (Lipinski definition) is 5. The van der Waals surface area contributed by atoms with Gasteiger partial charge in [0, 0.05) is 18.7 Å². The van der Waals surface area contributed by atoms with Gasteiger partial charge < -0.3 is 16.0 Å². The van der Waals surface area contributed by atoms with Crippen molar-refractivity contribution in [1.82, 2.24) is 15.3 Å². The molecule has 0 fully saturated rings. The van der Waals surface area contributed by atoms with Crippen LogP contribution < -0.4 is 16.0 Å². The van der Waals surface area contributed by atoms with Crippen molar-refractivity contribution >= 4 is 17.5 Å². The summed E-state index contributed by atoms with van der Waals surface area (Å²) in [4.78, 5) is 18.2. The van der Waals surface area contributed by atoms with Crippen LogP contribution in [0, 0.1) is 0 Å². The molecule has 0 atom stereocenters. The summed E-state index contributed by atoms with van der Waals surface area (Å²) in [6.45, 7) is 5.55. The summed E-state index contributed by atoms with van der Waals surface area (Å²) >= 11 is 0. The van der Waals surface area contributed by atoms with Gasteiger partial charge in [0.05, 0.1) is 6.54 Å². The molecule has 1 rings (SSSR count). The minimum atomic E-state index is -4.65. The van der Waals surface area contributed by atoms with Crippen LogP contribution in [0.3, 0.4) is 0 Å². The second-order valence-corrected chi connectivity index (χ2v) is 4.57. The molecule has 0 aliphatic carbocycles. The van der Waals surface area contributed by atoms with Crippen LogP contribution in [0.15, 0.2) is 6.07 Å². The zero-order valence-electron chi connectivity index (χ0n) is 12.0. The normalized spacial score (nSPS) is 11.4. The monoisotopic (exact) mass is 305 g/mol. The Kier molecular flexibility index (Phi) is 5.74. The minimum absolute atomic E-state index is 0.0478. The summed E-state index contributed by atoms with van der Waals surface area (Å²) in [6.07, 6.45) is -4.65. The van der Waals surface area contributed by atoms with Gasteiger partial charge in [-0.25, -0.2) is 9.97 Å². The number of carbonyl (C=O) groups is 1. The molecule has 0 saturated heterocycles. The van der Waals surface area contributed by atoms with Crippen LogP contribution >= 0.6 is 0 Å². The average molecular weight is 305 g/mol. The number of alkyl halides is 3. The van der Waals surface area contributed by atoms with E-state index in [1.807, 2.05) is 0 Å². The standard InChI is InChI=1S/C12H18F3N5O/c1-4-16-8-5-9(17-6-10(21)18-7(2)3)20-11(19-8)12(13,14)15/h5,7H,4,6H2,1-3H3,(H,18,21)(H2,16,17,19,20). The molecule has 1 amide bonds.